The highest BCUT2D eigenvalue weighted by Gasteiger charge is 2.56. The van der Waals surface area contributed by atoms with Crippen molar-refractivity contribution in [1.82, 2.24) is 4.98 Å². The second-order valence-electron chi connectivity index (χ2n) is 9.28. The second-order valence-corrected chi connectivity index (χ2v) is 9.28. The number of aliphatic hydroxyl groups is 1. The lowest BCUT2D eigenvalue weighted by Gasteiger charge is -2.30. The monoisotopic (exact) mass is 514 g/mol. The van der Waals surface area contributed by atoms with Crippen molar-refractivity contribution in [2.24, 2.45) is 5.73 Å². The Morgan fingerprint density at radius 2 is 1.78 bits per heavy atom. The third-order valence-corrected chi connectivity index (χ3v) is 6.38. The summed E-state index contributed by atoms with van der Waals surface area (Å²) in [5, 5.41) is 11.0. The Balaban J connectivity index is 1.62. The van der Waals surface area contributed by atoms with Gasteiger partial charge >= 0.3 is 6.18 Å². The molecule has 9 heteroatoms. The predicted octanol–water partition coefficient (Wildman–Crippen LogP) is 5.48. The van der Waals surface area contributed by atoms with Gasteiger partial charge in [0.25, 0.3) is 0 Å². The van der Waals surface area contributed by atoms with Gasteiger partial charge in [-0.25, -0.2) is 4.98 Å². The fourth-order valence-corrected chi connectivity index (χ4v) is 3.95. The van der Waals surface area contributed by atoms with Gasteiger partial charge in [-0.05, 0) is 62.1 Å². The lowest BCUT2D eigenvalue weighted by Crippen LogP contribution is -2.43. The molecule has 2 aromatic carbocycles. The van der Waals surface area contributed by atoms with E-state index in [2.05, 4.69) is 4.98 Å². The summed E-state index contributed by atoms with van der Waals surface area (Å²) in [4.78, 5) is 17.1. The molecular weight excluding hydrogens is 485 g/mol. The molecule has 1 saturated carbocycles. The fraction of sp³-hybridized carbons (Fsp3) is 0.357. The van der Waals surface area contributed by atoms with Crippen LogP contribution in [0, 0.1) is 6.92 Å². The molecule has 3 N–H and O–H groups in total. The minimum absolute atomic E-state index is 0.0453. The molecule has 0 bridgehead atoms. The van der Waals surface area contributed by atoms with E-state index in [0.29, 0.717) is 22.6 Å². The first kappa shape index (κ1) is 26.6. The van der Waals surface area contributed by atoms with Crippen LogP contribution in [0.3, 0.4) is 0 Å². The normalized spacial score (nSPS) is 15.2. The van der Waals surface area contributed by atoms with E-state index in [0.717, 1.165) is 24.5 Å². The van der Waals surface area contributed by atoms with Crippen LogP contribution in [0.25, 0.3) is 11.3 Å². The third kappa shape index (κ3) is 5.94. The van der Waals surface area contributed by atoms with E-state index in [1.165, 1.54) is 19.2 Å². The van der Waals surface area contributed by atoms with Gasteiger partial charge in [-0.15, -0.1) is 0 Å². The van der Waals surface area contributed by atoms with Crippen molar-refractivity contribution in [2.45, 2.75) is 57.0 Å². The van der Waals surface area contributed by atoms with Crippen molar-refractivity contribution in [1.29, 1.82) is 0 Å². The summed E-state index contributed by atoms with van der Waals surface area (Å²) in [6, 6.07) is 14.3. The van der Waals surface area contributed by atoms with Crippen molar-refractivity contribution in [3.8, 4) is 22.8 Å². The topological polar surface area (TPSA) is 94.7 Å². The number of pyridine rings is 1. The van der Waals surface area contributed by atoms with Crippen molar-refractivity contribution in [2.75, 3.05) is 7.11 Å². The van der Waals surface area contributed by atoms with Gasteiger partial charge in [0.15, 0.2) is 17.3 Å². The first-order valence-electron chi connectivity index (χ1n) is 12.0. The number of ether oxygens (including phenoxy) is 2. The zero-order valence-electron chi connectivity index (χ0n) is 20.6. The standard InChI is InChI=1S/C28H29F3N2O4/c1-17-3-5-19(6-4-17)22-13-18(16-32)14-26(33-22)27(35,28(29,30)31)12-11-23(34)20-7-10-24(25(15-20)36-2)37-21-8-9-21/h3-7,10,13-15,21,35H,8-9,11-12,16,32H2,1-2H3. The van der Waals surface area contributed by atoms with E-state index in [9.17, 15) is 23.1 Å². The number of hydrogen-bond donors (Lipinski definition) is 2. The Bertz CT molecular complexity index is 1270. The van der Waals surface area contributed by atoms with E-state index in [4.69, 9.17) is 15.2 Å². The van der Waals surface area contributed by atoms with Crippen LogP contribution in [0.15, 0.2) is 54.6 Å². The number of methoxy groups -OCH3 is 1. The van der Waals surface area contributed by atoms with Crippen LogP contribution in [0.5, 0.6) is 11.5 Å². The van der Waals surface area contributed by atoms with Crippen LogP contribution in [-0.2, 0) is 12.1 Å². The quantitative estimate of drug-likeness (QED) is 0.348. The highest BCUT2D eigenvalue weighted by atomic mass is 19.4. The molecule has 1 aliphatic carbocycles. The zero-order valence-corrected chi connectivity index (χ0v) is 20.6. The predicted molar refractivity (Wildman–Crippen MR) is 132 cm³/mol. The van der Waals surface area contributed by atoms with Crippen LogP contribution >= 0.6 is 0 Å². The van der Waals surface area contributed by atoms with Gasteiger partial charge in [-0.2, -0.15) is 13.2 Å². The Labute approximate surface area is 213 Å². The van der Waals surface area contributed by atoms with Gasteiger partial charge in [0.05, 0.1) is 24.6 Å². The molecule has 4 rings (SSSR count). The molecule has 0 saturated heterocycles. The molecule has 0 aliphatic heterocycles. The summed E-state index contributed by atoms with van der Waals surface area (Å²) in [6.07, 6.45) is -4.59. The molecule has 1 aromatic heterocycles. The molecule has 0 spiro atoms. The number of hydrogen-bond acceptors (Lipinski definition) is 6. The van der Waals surface area contributed by atoms with E-state index in [1.807, 2.05) is 19.1 Å². The summed E-state index contributed by atoms with van der Waals surface area (Å²) in [6.45, 7) is 1.85. The first-order valence-corrected chi connectivity index (χ1v) is 12.0. The van der Waals surface area contributed by atoms with Gasteiger partial charge in [-0.3, -0.25) is 4.79 Å². The Hall–Kier alpha value is -3.43. The van der Waals surface area contributed by atoms with Crippen molar-refractivity contribution < 1.29 is 32.5 Å². The average Bonchev–Trinajstić information content (AvgIpc) is 3.70. The average molecular weight is 515 g/mol. The molecule has 0 amide bonds. The van der Waals surface area contributed by atoms with Crippen LogP contribution in [-0.4, -0.2) is 35.3 Å². The number of nitrogens with zero attached hydrogens (tertiary/aromatic N) is 1. The van der Waals surface area contributed by atoms with E-state index in [-0.39, 0.29) is 23.9 Å². The van der Waals surface area contributed by atoms with Gasteiger partial charge in [0.1, 0.15) is 0 Å². The molecule has 6 nitrogen and oxygen atoms in total. The van der Waals surface area contributed by atoms with Crippen molar-refractivity contribution in [3.63, 3.8) is 0 Å². The van der Waals surface area contributed by atoms with Gasteiger partial charge < -0.3 is 20.3 Å². The number of benzene rings is 2. The molecular formula is C28H29F3N2O4. The maximum absolute atomic E-state index is 14.3. The van der Waals surface area contributed by atoms with Crippen molar-refractivity contribution >= 4 is 5.78 Å². The fourth-order valence-electron chi connectivity index (χ4n) is 3.95. The highest BCUT2D eigenvalue weighted by Crippen LogP contribution is 2.43. The summed E-state index contributed by atoms with van der Waals surface area (Å²) in [5.41, 5.74) is 4.15. The lowest BCUT2D eigenvalue weighted by atomic mass is 9.89. The molecule has 1 unspecified atom stereocenters. The number of halogens is 3. The number of nitrogens with two attached hydrogens (primary N) is 1. The highest BCUT2D eigenvalue weighted by molar-refractivity contribution is 5.96. The van der Waals surface area contributed by atoms with Crippen LogP contribution in [0.4, 0.5) is 13.2 Å². The lowest BCUT2D eigenvalue weighted by molar-refractivity contribution is -0.270. The first-order chi connectivity index (χ1) is 17.5. The number of aryl methyl sites for hydroxylation is 1. The summed E-state index contributed by atoms with van der Waals surface area (Å²) in [5.74, 6) is 0.219. The van der Waals surface area contributed by atoms with Gasteiger partial charge in [0.2, 0.25) is 5.60 Å². The maximum atomic E-state index is 14.3. The summed E-state index contributed by atoms with van der Waals surface area (Å²) in [7, 11) is 1.42. The number of Topliss-reactive ketones (excluding diaryl/α,β-unsaturated/α-hetero) is 1. The third-order valence-electron chi connectivity index (χ3n) is 6.38. The molecule has 196 valence electrons. The smallest absolute Gasteiger partial charge is 0.422 e. The molecule has 3 aromatic rings. The number of carbonyl (C=O) groups excluding carboxylic acids is 1. The molecule has 1 heterocycles. The molecule has 37 heavy (non-hydrogen) atoms. The minimum Gasteiger partial charge on any atom is -0.493 e. The number of carbonyl (C=O) groups is 1. The van der Waals surface area contributed by atoms with Crippen molar-refractivity contribution in [3.05, 3.63) is 77.0 Å². The molecule has 1 fully saturated rings. The van der Waals surface area contributed by atoms with E-state index >= 15 is 0 Å². The summed E-state index contributed by atoms with van der Waals surface area (Å²) >= 11 is 0. The Kier molecular flexibility index (Phi) is 7.57. The van der Waals surface area contributed by atoms with E-state index in [1.54, 1.807) is 24.3 Å². The second kappa shape index (κ2) is 10.5. The molecule has 1 aliphatic rings. The largest absolute Gasteiger partial charge is 0.493 e. The maximum Gasteiger partial charge on any atom is 0.422 e. The number of alkyl halides is 3. The summed E-state index contributed by atoms with van der Waals surface area (Å²) < 4.78 is 53.9. The minimum atomic E-state index is -5.09. The van der Waals surface area contributed by atoms with Crippen LogP contribution < -0.4 is 15.2 Å². The number of aromatic nitrogens is 1. The van der Waals surface area contributed by atoms with Crippen LogP contribution in [0.1, 0.15) is 52.9 Å². The van der Waals surface area contributed by atoms with Gasteiger partial charge in [-0.1, -0.05) is 29.8 Å². The number of rotatable bonds is 10. The van der Waals surface area contributed by atoms with Gasteiger partial charge in [0, 0.05) is 24.1 Å². The zero-order chi connectivity index (χ0) is 26.8. The van der Waals surface area contributed by atoms with Crippen LogP contribution in [0.2, 0.25) is 0 Å². The molecule has 0 radical (unpaired) electrons. The SMILES string of the molecule is COc1cc(C(=O)CCC(O)(c2cc(CN)cc(-c3ccc(C)cc3)n2)C(F)(F)F)ccc1OC1CC1. The number of ketones is 1. The Morgan fingerprint density at radius 3 is 2.38 bits per heavy atom. The Morgan fingerprint density at radius 1 is 1.08 bits per heavy atom. The molecule has 1 atom stereocenters. The van der Waals surface area contributed by atoms with E-state index < -0.39 is 36.1 Å².